The maximum Gasteiger partial charge on any atom is 0.144 e. The molecule has 0 aromatic heterocycles. The molecule has 3 nitrogen and oxygen atoms in total. The molecule has 5 heteroatoms. The third-order valence-electron chi connectivity index (χ3n) is 3.32. The number of halogens is 2. The van der Waals surface area contributed by atoms with Crippen LogP contribution in [-0.2, 0) is 0 Å². The van der Waals surface area contributed by atoms with Crippen molar-refractivity contribution in [2.24, 2.45) is 5.10 Å². The van der Waals surface area contributed by atoms with Crippen molar-refractivity contribution in [3.05, 3.63) is 63.0 Å². The summed E-state index contributed by atoms with van der Waals surface area (Å²) in [6.45, 7) is 0. The van der Waals surface area contributed by atoms with Crippen molar-refractivity contribution < 1.29 is 0 Å². The third-order valence-corrected chi connectivity index (χ3v) is 4.45. The molecule has 104 valence electrons. The summed E-state index contributed by atoms with van der Waals surface area (Å²) in [6.07, 6.45) is 0.628. The van der Waals surface area contributed by atoms with E-state index in [1.807, 2.05) is 48.5 Å². The molecule has 0 fully saturated rings. The first-order valence-electron chi connectivity index (χ1n) is 6.46. The van der Waals surface area contributed by atoms with E-state index < -0.39 is 0 Å². The van der Waals surface area contributed by atoms with Gasteiger partial charge in [0.25, 0.3) is 0 Å². The Morgan fingerprint density at radius 1 is 1.14 bits per heavy atom. The Morgan fingerprint density at radius 3 is 2.57 bits per heavy atom. The number of anilines is 1. The summed E-state index contributed by atoms with van der Waals surface area (Å²) in [5.74, 6) is 0. The number of rotatable bonds is 2. The zero-order valence-electron chi connectivity index (χ0n) is 11.0. The summed E-state index contributed by atoms with van der Waals surface area (Å²) in [4.78, 5) is 0. The normalized spacial score (nSPS) is 17.5. The van der Waals surface area contributed by atoms with Crippen LogP contribution < -0.4 is 5.01 Å². The summed E-state index contributed by atoms with van der Waals surface area (Å²) in [5.41, 5.74) is 2.90. The van der Waals surface area contributed by atoms with Crippen molar-refractivity contribution in [1.82, 2.24) is 0 Å². The van der Waals surface area contributed by atoms with Crippen LogP contribution in [0.3, 0.4) is 0 Å². The van der Waals surface area contributed by atoms with Crippen molar-refractivity contribution in [2.45, 2.75) is 12.5 Å². The highest BCUT2D eigenvalue weighted by atomic mass is 79.9. The maximum absolute atomic E-state index is 9.42. The molecule has 0 bridgehead atoms. The minimum Gasteiger partial charge on any atom is -0.246 e. The number of hydrogen-bond acceptors (Lipinski definition) is 3. The van der Waals surface area contributed by atoms with Gasteiger partial charge in [-0.15, -0.1) is 0 Å². The van der Waals surface area contributed by atoms with E-state index in [0.29, 0.717) is 6.42 Å². The van der Waals surface area contributed by atoms with E-state index in [0.717, 1.165) is 25.9 Å². The highest BCUT2D eigenvalue weighted by Gasteiger charge is 2.29. The van der Waals surface area contributed by atoms with Crippen LogP contribution in [-0.4, -0.2) is 11.8 Å². The quantitative estimate of drug-likeness (QED) is 0.726. The molecule has 1 heterocycles. The Hall–Kier alpha value is -1.64. The molecule has 2 aromatic carbocycles. The van der Waals surface area contributed by atoms with Crippen LogP contribution in [0, 0.1) is 11.3 Å². The lowest BCUT2D eigenvalue weighted by Crippen LogP contribution is -2.24. The lowest BCUT2D eigenvalue weighted by molar-refractivity contribution is 0.797. The average molecular weight is 405 g/mol. The van der Waals surface area contributed by atoms with Crippen LogP contribution in [0.25, 0.3) is 0 Å². The van der Waals surface area contributed by atoms with Crippen molar-refractivity contribution in [2.75, 3.05) is 5.01 Å². The molecule has 21 heavy (non-hydrogen) atoms. The molecule has 1 aliphatic heterocycles. The summed E-state index contributed by atoms with van der Waals surface area (Å²) >= 11 is 6.98. The first-order valence-corrected chi connectivity index (χ1v) is 8.04. The first kappa shape index (κ1) is 14.3. The monoisotopic (exact) mass is 403 g/mol. The van der Waals surface area contributed by atoms with Gasteiger partial charge in [-0.1, -0.05) is 46.3 Å². The second-order valence-corrected chi connectivity index (χ2v) is 6.47. The SMILES string of the molecule is N#C[C@@H]1CC(c2ccccc2)=NN1c1ccc(Br)cc1Br. The second-order valence-electron chi connectivity index (χ2n) is 4.70. The van der Waals surface area contributed by atoms with E-state index in [2.05, 4.69) is 43.0 Å². The third kappa shape index (κ3) is 2.87. The van der Waals surface area contributed by atoms with Gasteiger partial charge in [0.15, 0.2) is 0 Å². The molecule has 0 radical (unpaired) electrons. The molecule has 1 atom stereocenters. The fourth-order valence-corrected chi connectivity index (χ4v) is 3.53. The average Bonchev–Trinajstić information content (AvgIpc) is 2.92. The fourth-order valence-electron chi connectivity index (χ4n) is 2.31. The molecule has 0 amide bonds. The van der Waals surface area contributed by atoms with Crippen LogP contribution in [0.5, 0.6) is 0 Å². The van der Waals surface area contributed by atoms with Crippen LogP contribution in [0.15, 0.2) is 62.6 Å². The smallest absolute Gasteiger partial charge is 0.144 e. The number of nitrogens with zero attached hydrogens (tertiary/aromatic N) is 3. The minimum absolute atomic E-state index is 0.280. The van der Waals surface area contributed by atoms with E-state index in [9.17, 15) is 5.26 Å². The summed E-state index contributed by atoms with van der Waals surface area (Å²) in [5, 5.41) is 15.9. The molecule has 0 N–H and O–H groups in total. The van der Waals surface area contributed by atoms with E-state index >= 15 is 0 Å². The topological polar surface area (TPSA) is 39.4 Å². The maximum atomic E-state index is 9.42. The van der Waals surface area contributed by atoms with Gasteiger partial charge in [-0.25, -0.2) is 5.01 Å². The predicted molar refractivity (Wildman–Crippen MR) is 91.3 cm³/mol. The largest absolute Gasteiger partial charge is 0.246 e. The highest BCUT2D eigenvalue weighted by molar-refractivity contribution is 9.11. The Balaban J connectivity index is 2.01. The van der Waals surface area contributed by atoms with Gasteiger partial charge in [-0.05, 0) is 39.7 Å². The zero-order chi connectivity index (χ0) is 14.8. The van der Waals surface area contributed by atoms with Gasteiger partial charge in [-0.3, -0.25) is 0 Å². The van der Waals surface area contributed by atoms with Gasteiger partial charge in [0.1, 0.15) is 6.04 Å². The van der Waals surface area contributed by atoms with E-state index in [-0.39, 0.29) is 6.04 Å². The molecule has 1 aliphatic rings. The van der Waals surface area contributed by atoms with Gasteiger partial charge < -0.3 is 0 Å². The van der Waals surface area contributed by atoms with Crippen LogP contribution in [0.1, 0.15) is 12.0 Å². The summed E-state index contributed by atoms with van der Waals surface area (Å²) in [7, 11) is 0. The Bertz CT molecular complexity index is 735. The number of hydrazone groups is 1. The molecular weight excluding hydrogens is 394 g/mol. The summed E-state index contributed by atoms with van der Waals surface area (Å²) < 4.78 is 1.90. The predicted octanol–water partition coefficient (Wildman–Crippen LogP) is 4.72. The van der Waals surface area contributed by atoms with Gasteiger partial charge in [0.2, 0.25) is 0 Å². The van der Waals surface area contributed by atoms with Gasteiger partial charge >= 0.3 is 0 Å². The van der Waals surface area contributed by atoms with Crippen molar-refractivity contribution in [3.63, 3.8) is 0 Å². The molecule has 0 saturated heterocycles. The lowest BCUT2D eigenvalue weighted by atomic mass is 10.0. The molecular formula is C16H11Br2N3. The van der Waals surface area contributed by atoms with Crippen molar-refractivity contribution in [3.8, 4) is 6.07 Å². The lowest BCUT2D eigenvalue weighted by Gasteiger charge is -2.19. The van der Waals surface area contributed by atoms with Gasteiger partial charge in [-0.2, -0.15) is 10.4 Å². The van der Waals surface area contributed by atoms with Crippen molar-refractivity contribution >= 4 is 43.3 Å². The number of hydrogen-bond donors (Lipinski definition) is 0. The highest BCUT2D eigenvalue weighted by Crippen LogP contribution is 2.34. The molecule has 0 saturated carbocycles. The fraction of sp³-hybridized carbons (Fsp3) is 0.125. The molecule has 0 aliphatic carbocycles. The molecule has 0 spiro atoms. The van der Waals surface area contributed by atoms with Gasteiger partial charge in [0, 0.05) is 15.4 Å². The van der Waals surface area contributed by atoms with Crippen LogP contribution in [0.2, 0.25) is 0 Å². The second kappa shape index (κ2) is 6.00. The molecule has 2 aromatic rings. The zero-order valence-corrected chi connectivity index (χ0v) is 14.2. The number of nitriles is 1. The first-order chi connectivity index (χ1) is 10.2. The number of benzene rings is 2. The van der Waals surface area contributed by atoms with Gasteiger partial charge in [0.05, 0.1) is 17.5 Å². The van der Waals surface area contributed by atoms with Crippen molar-refractivity contribution in [1.29, 1.82) is 5.26 Å². The minimum atomic E-state index is -0.280. The Morgan fingerprint density at radius 2 is 1.90 bits per heavy atom. The van der Waals surface area contributed by atoms with Crippen LogP contribution in [0.4, 0.5) is 5.69 Å². The summed E-state index contributed by atoms with van der Waals surface area (Å²) in [6, 6.07) is 17.9. The molecule has 0 unspecified atom stereocenters. The van der Waals surface area contributed by atoms with E-state index in [4.69, 9.17) is 0 Å². The Kier molecular flexibility index (Phi) is 4.09. The Labute approximate surface area is 140 Å². The molecule has 3 rings (SSSR count). The standard InChI is InChI=1S/C16H11Br2N3/c17-12-6-7-16(14(18)8-12)21-13(10-19)9-15(20-21)11-4-2-1-3-5-11/h1-8,13H,9H2/t13-/m0/s1. The van der Waals surface area contributed by atoms with Crippen LogP contribution >= 0.6 is 31.9 Å². The van der Waals surface area contributed by atoms with E-state index in [1.54, 1.807) is 5.01 Å². The van der Waals surface area contributed by atoms with E-state index in [1.165, 1.54) is 0 Å².